The van der Waals surface area contributed by atoms with E-state index in [0.717, 1.165) is 22.9 Å². The van der Waals surface area contributed by atoms with Crippen LogP contribution in [0.4, 0.5) is 0 Å². The van der Waals surface area contributed by atoms with Crippen LogP contribution in [0.3, 0.4) is 0 Å². The molecule has 0 fully saturated rings. The van der Waals surface area contributed by atoms with Crippen molar-refractivity contribution in [2.45, 2.75) is 25.7 Å². The zero-order valence-electron chi connectivity index (χ0n) is 16.1. The Morgan fingerprint density at radius 1 is 1.03 bits per heavy atom. The lowest BCUT2D eigenvalue weighted by atomic mass is 9.94. The molecule has 0 amide bonds. The molecule has 1 aliphatic rings. The van der Waals surface area contributed by atoms with Gasteiger partial charge in [0.15, 0.2) is 5.78 Å². The molecule has 29 heavy (non-hydrogen) atoms. The van der Waals surface area contributed by atoms with Crippen molar-refractivity contribution in [3.05, 3.63) is 75.2 Å². The highest BCUT2D eigenvalue weighted by Crippen LogP contribution is 2.30. The van der Waals surface area contributed by atoms with Crippen LogP contribution in [0.1, 0.15) is 32.6 Å². The van der Waals surface area contributed by atoms with Crippen LogP contribution in [-0.2, 0) is 14.8 Å². The highest BCUT2D eigenvalue weighted by atomic mass is 32.2. The normalized spacial score (nSPS) is 15.2. The predicted molar refractivity (Wildman–Crippen MR) is 113 cm³/mol. The first-order valence-corrected chi connectivity index (χ1v) is 11.2. The Kier molecular flexibility index (Phi) is 5.77. The van der Waals surface area contributed by atoms with Crippen LogP contribution in [0.15, 0.2) is 56.7 Å². The Labute approximate surface area is 173 Å². The van der Waals surface area contributed by atoms with Crippen molar-refractivity contribution in [3.8, 4) is 0 Å². The smallest absolute Gasteiger partial charge is 0.313 e. The van der Waals surface area contributed by atoms with E-state index in [9.17, 15) is 18.0 Å². The molecule has 6 nitrogen and oxygen atoms in total. The summed E-state index contributed by atoms with van der Waals surface area (Å²) >= 11 is 0.847. The SMILES string of the molecule is Cc1cc(C)c(S(=O)(=O)/N=C2/C=C(SCC(=O)O)C(=O)c3ccccc32)cc1C. The number of aliphatic carboxylic acids is 1. The summed E-state index contributed by atoms with van der Waals surface area (Å²) in [7, 11) is -4.04. The van der Waals surface area contributed by atoms with Gasteiger partial charge in [-0.2, -0.15) is 12.8 Å². The zero-order valence-corrected chi connectivity index (χ0v) is 17.7. The third kappa shape index (κ3) is 4.33. The molecule has 0 bridgehead atoms. The van der Waals surface area contributed by atoms with Crippen molar-refractivity contribution in [1.82, 2.24) is 0 Å². The molecular formula is C21H19NO5S2. The van der Waals surface area contributed by atoms with Gasteiger partial charge in [-0.25, -0.2) is 0 Å². The summed E-state index contributed by atoms with van der Waals surface area (Å²) in [5.74, 6) is -1.72. The third-order valence-corrected chi connectivity index (χ3v) is 7.02. The minimum Gasteiger partial charge on any atom is -0.481 e. The van der Waals surface area contributed by atoms with Crippen LogP contribution in [-0.4, -0.2) is 36.7 Å². The number of aryl methyl sites for hydroxylation is 3. The van der Waals surface area contributed by atoms with E-state index in [-0.39, 0.29) is 27.0 Å². The van der Waals surface area contributed by atoms with E-state index in [4.69, 9.17) is 5.11 Å². The monoisotopic (exact) mass is 429 g/mol. The molecule has 2 aromatic rings. The van der Waals surface area contributed by atoms with Crippen LogP contribution in [0, 0.1) is 20.8 Å². The van der Waals surface area contributed by atoms with E-state index in [2.05, 4.69) is 4.40 Å². The largest absolute Gasteiger partial charge is 0.481 e. The number of nitrogens with zero attached hydrogens (tertiary/aromatic N) is 1. The molecule has 0 atom stereocenters. The number of carbonyl (C=O) groups excluding carboxylic acids is 1. The number of Topliss-reactive ketones (excluding diaryl/α,β-unsaturated/α-hetero) is 1. The number of allylic oxidation sites excluding steroid dienone is 2. The van der Waals surface area contributed by atoms with Gasteiger partial charge in [-0.05, 0) is 49.6 Å². The number of thioether (sulfide) groups is 1. The van der Waals surface area contributed by atoms with Crippen LogP contribution in [0.25, 0.3) is 0 Å². The Hall–Kier alpha value is -2.71. The zero-order chi connectivity index (χ0) is 21.3. The van der Waals surface area contributed by atoms with Crippen molar-refractivity contribution in [2.24, 2.45) is 4.40 Å². The minimum atomic E-state index is -4.04. The molecule has 0 saturated heterocycles. The number of ketones is 1. The van der Waals surface area contributed by atoms with Gasteiger partial charge < -0.3 is 5.11 Å². The summed E-state index contributed by atoms with van der Waals surface area (Å²) in [5, 5.41) is 8.92. The van der Waals surface area contributed by atoms with E-state index in [1.54, 1.807) is 43.3 Å². The van der Waals surface area contributed by atoms with Gasteiger partial charge in [-0.1, -0.05) is 30.3 Å². The highest BCUT2D eigenvalue weighted by Gasteiger charge is 2.27. The maximum Gasteiger partial charge on any atom is 0.313 e. The number of carboxylic acid groups (broad SMARTS) is 1. The van der Waals surface area contributed by atoms with Gasteiger partial charge in [-0.3, -0.25) is 9.59 Å². The summed E-state index contributed by atoms with van der Waals surface area (Å²) in [5.41, 5.74) is 3.22. The fraction of sp³-hybridized carbons (Fsp3) is 0.190. The summed E-state index contributed by atoms with van der Waals surface area (Å²) in [4.78, 5) is 23.8. The summed E-state index contributed by atoms with van der Waals surface area (Å²) < 4.78 is 30.1. The second-order valence-corrected chi connectivity index (χ2v) is 9.31. The quantitative estimate of drug-likeness (QED) is 0.778. The molecule has 8 heteroatoms. The van der Waals surface area contributed by atoms with Crippen LogP contribution >= 0.6 is 11.8 Å². The molecule has 0 aliphatic heterocycles. The summed E-state index contributed by atoms with van der Waals surface area (Å²) in [6.45, 7) is 5.44. The number of hydrogen-bond donors (Lipinski definition) is 1. The molecule has 1 aliphatic carbocycles. The average molecular weight is 430 g/mol. The van der Waals surface area contributed by atoms with Gasteiger partial charge in [0.2, 0.25) is 0 Å². The Morgan fingerprint density at radius 2 is 1.66 bits per heavy atom. The first kappa shape index (κ1) is 21.0. The van der Waals surface area contributed by atoms with E-state index in [0.29, 0.717) is 16.7 Å². The van der Waals surface area contributed by atoms with Gasteiger partial charge in [-0.15, -0.1) is 11.8 Å². The number of carboxylic acids is 1. The Bertz CT molecular complexity index is 1190. The summed E-state index contributed by atoms with van der Waals surface area (Å²) in [6, 6.07) is 9.96. The van der Waals surface area contributed by atoms with E-state index in [1.807, 2.05) is 13.8 Å². The van der Waals surface area contributed by atoms with Crippen molar-refractivity contribution < 1.29 is 23.1 Å². The molecule has 3 rings (SSSR count). The molecule has 0 spiro atoms. The van der Waals surface area contributed by atoms with Crippen molar-refractivity contribution >= 4 is 39.2 Å². The Morgan fingerprint density at radius 3 is 2.31 bits per heavy atom. The van der Waals surface area contributed by atoms with Gasteiger partial charge in [0.1, 0.15) is 0 Å². The standard InChI is InChI=1S/C21H19NO5S2/c1-12-8-14(3)19(9-13(12)2)29(26,27)22-17-10-18(28-11-20(23)24)21(25)16-7-5-4-6-15(16)17/h4-10H,11H2,1-3H3,(H,23,24)/b22-17-. The molecule has 0 saturated carbocycles. The Balaban J connectivity index is 2.16. The first-order chi connectivity index (χ1) is 13.6. The fourth-order valence-electron chi connectivity index (χ4n) is 3.02. The van der Waals surface area contributed by atoms with Gasteiger partial charge in [0.05, 0.1) is 21.3 Å². The molecular weight excluding hydrogens is 410 g/mol. The maximum atomic E-state index is 13.0. The van der Waals surface area contributed by atoms with Crippen molar-refractivity contribution in [2.75, 3.05) is 5.75 Å². The highest BCUT2D eigenvalue weighted by molar-refractivity contribution is 8.04. The minimum absolute atomic E-state index is 0.107. The summed E-state index contributed by atoms with van der Waals surface area (Å²) in [6.07, 6.45) is 1.35. The number of sulfonamides is 1. The predicted octanol–water partition coefficient (Wildman–Crippen LogP) is 3.69. The van der Waals surface area contributed by atoms with E-state index < -0.39 is 16.0 Å². The lowest BCUT2D eigenvalue weighted by molar-refractivity contribution is -0.133. The second-order valence-electron chi connectivity index (χ2n) is 6.72. The second kappa shape index (κ2) is 7.96. The van der Waals surface area contributed by atoms with Crippen molar-refractivity contribution in [1.29, 1.82) is 0 Å². The fourth-order valence-corrected chi connectivity index (χ4v) is 5.03. The topological polar surface area (TPSA) is 101 Å². The molecule has 0 heterocycles. The number of benzene rings is 2. The first-order valence-electron chi connectivity index (χ1n) is 8.73. The van der Waals surface area contributed by atoms with Gasteiger partial charge >= 0.3 is 5.97 Å². The van der Waals surface area contributed by atoms with Crippen LogP contribution < -0.4 is 0 Å². The third-order valence-electron chi connectivity index (χ3n) is 4.58. The van der Waals surface area contributed by atoms with Crippen molar-refractivity contribution in [3.63, 3.8) is 0 Å². The number of carbonyl (C=O) groups is 2. The molecule has 2 aromatic carbocycles. The number of fused-ring (bicyclic) bond motifs is 1. The maximum absolute atomic E-state index is 13.0. The number of rotatable bonds is 5. The van der Waals surface area contributed by atoms with E-state index >= 15 is 0 Å². The molecule has 0 unspecified atom stereocenters. The van der Waals surface area contributed by atoms with Crippen LogP contribution in [0.5, 0.6) is 0 Å². The molecule has 0 aromatic heterocycles. The van der Waals surface area contributed by atoms with Crippen LogP contribution in [0.2, 0.25) is 0 Å². The lowest BCUT2D eigenvalue weighted by Gasteiger charge is -2.17. The van der Waals surface area contributed by atoms with E-state index in [1.165, 1.54) is 6.08 Å². The lowest BCUT2D eigenvalue weighted by Crippen LogP contribution is -2.18. The number of hydrogen-bond acceptors (Lipinski definition) is 5. The molecule has 150 valence electrons. The average Bonchev–Trinajstić information content (AvgIpc) is 2.65. The van der Waals surface area contributed by atoms with Gasteiger partial charge in [0, 0.05) is 11.1 Å². The molecule has 1 N–H and O–H groups in total. The van der Waals surface area contributed by atoms with Gasteiger partial charge in [0.25, 0.3) is 10.0 Å². The molecule has 0 radical (unpaired) electrons.